The molecule has 2 nitrogen and oxygen atoms in total. The van der Waals surface area contributed by atoms with Gasteiger partial charge in [-0.1, -0.05) is 13.8 Å². The molecule has 0 bridgehead atoms. The van der Waals surface area contributed by atoms with Crippen LogP contribution in [0.2, 0.25) is 0 Å². The SMILES string of the molecule is CC(C)C1CNC(C)(C2CC2)CN1CC1CCSC1. The van der Waals surface area contributed by atoms with Gasteiger partial charge in [-0.3, -0.25) is 4.90 Å². The van der Waals surface area contributed by atoms with Crippen LogP contribution in [0, 0.1) is 17.8 Å². The van der Waals surface area contributed by atoms with Crippen LogP contribution >= 0.6 is 11.8 Å². The largest absolute Gasteiger partial charge is 0.308 e. The Hall–Kier alpha value is 0.270. The van der Waals surface area contributed by atoms with Crippen LogP contribution in [0.3, 0.4) is 0 Å². The summed E-state index contributed by atoms with van der Waals surface area (Å²) in [5, 5.41) is 3.90. The molecule has 0 aromatic carbocycles. The summed E-state index contributed by atoms with van der Waals surface area (Å²) in [6.45, 7) is 11.1. The minimum atomic E-state index is 0.400. The lowest BCUT2D eigenvalue weighted by Crippen LogP contribution is -2.65. The van der Waals surface area contributed by atoms with E-state index >= 15 is 0 Å². The molecule has 2 aliphatic heterocycles. The highest BCUT2D eigenvalue weighted by Gasteiger charge is 2.46. The third kappa shape index (κ3) is 3.14. The van der Waals surface area contributed by atoms with E-state index in [0.717, 1.165) is 23.8 Å². The average Bonchev–Trinajstić information content (AvgIpc) is 3.10. The van der Waals surface area contributed by atoms with Crippen molar-refractivity contribution in [3.8, 4) is 0 Å². The highest BCUT2D eigenvalue weighted by atomic mass is 32.2. The summed E-state index contributed by atoms with van der Waals surface area (Å²) in [7, 11) is 0. The Kier molecular flexibility index (Phi) is 4.17. The van der Waals surface area contributed by atoms with Crippen molar-refractivity contribution in [1.29, 1.82) is 0 Å². The maximum absolute atomic E-state index is 3.90. The summed E-state index contributed by atoms with van der Waals surface area (Å²) in [5.74, 6) is 5.46. The van der Waals surface area contributed by atoms with Gasteiger partial charge in [0.15, 0.2) is 0 Å². The fourth-order valence-electron chi connectivity index (χ4n) is 3.97. The van der Waals surface area contributed by atoms with Crippen LogP contribution in [0.15, 0.2) is 0 Å². The van der Waals surface area contributed by atoms with E-state index in [1.807, 2.05) is 0 Å². The van der Waals surface area contributed by atoms with Gasteiger partial charge in [-0.25, -0.2) is 0 Å². The number of rotatable bonds is 4. The quantitative estimate of drug-likeness (QED) is 0.853. The first-order valence-electron chi connectivity index (χ1n) is 8.15. The molecular weight excluding hydrogens is 252 g/mol. The lowest BCUT2D eigenvalue weighted by atomic mass is 9.87. The first-order chi connectivity index (χ1) is 9.08. The summed E-state index contributed by atoms with van der Waals surface area (Å²) in [5.41, 5.74) is 0.400. The van der Waals surface area contributed by atoms with Gasteiger partial charge < -0.3 is 5.32 Å². The van der Waals surface area contributed by atoms with Crippen molar-refractivity contribution >= 4 is 11.8 Å². The molecule has 0 amide bonds. The maximum Gasteiger partial charge on any atom is 0.0309 e. The normalized spacial score (nSPS) is 41.1. The van der Waals surface area contributed by atoms with Gasteiger partial charge in [-0.2, -0.15) is 11.8 Å². The van der Waals surface area contributed by atoms with Crippen LogP contribution in [-0.4, -0.2) is 47.6 Å². The molecule has 3 atom stereocenters. The summed E-state index contributed by atoms with van der Waals surface area (Å²) in [6, 6.07) is 0.748. The molecule has 0 aromatic rings. The summed E-state index contributed by atoms with van der Waals surface area (Å²) in [4.78, 5) is 2.84. The van der Waals surface area contributed by atoms with Crippen LogP contribution in [0.1, 0.15) is 40.0 Å². The monoisotopic (exact) mass is 282 g/mol. The van der Waals surface area contributed by atoms with Crippen molar-refractivity contribution in [2.75, 3.05) is 31.1 Å². The molecule has 19 heavy (non-hydrogen) atoms. The van der Waals surface area contributed by atoms with Crippen molar-refractivity contribution in [2.24, 2.45) is 17.8 Å². The van der Waals surface area contributed by atoms with E-state index < -0.39 is 0 Å². The third-order valence-corrected chi connectivity index (χ3v) is 6.71. The molecule has 3 fully saturated rings. The van der Waals surface area contributed by atoms with Gasteiger partial charge in [0.1, 0.15) is 0 Å². The van der Waals surface area contributed by atoms with Crippen LogP contribution in [0.25, 0.3) is 0 Å². The molecule has 0 aromatic heterocycles. The molecule has 3 unspecified atom stereocenters. The zero-order chi connectivity index (χ0) is 13.5. The Balaban J connectivity index is 1.66. The van der Waals surface area contributed by atoms with Crippen LogP contribution < -0.4 is 5.32 Å². The Bertz CT molecular complexity index is 310. The second kappa shape index (κ2) is 5.57. The molecule has 3 rings (SSSR count). The standard InChI is InChI=1S/C16H30N2S/c1-12(2)15-8-17-16(3,14-4-5-14)11-18(15)9-13-6-7-19-10-13/h12-15,17H,4-11H2,1-3H3. The zero-order valence-electron chi connectivity index (χ0n) is 12.8. The van der Waals surface area contributed by atoms with Gasteiger partial charge in [0.05, 0.1) is 0 Å². The molecule has 0 spiro atoms. The average molecular weight is 282 g/mol. The molecule has 1 N–H and O–H groups in total. The van der Waals surface area contributed by atoms with Crippen LogP contribution in [-0.2, 0) is 0 Å². The summed E-state index contributed by atoms with van der Waals surface area (Å²) >= 11 is 2.16. The van der Waals surface area contributed by atoms with Gasteiger partial charge in [-0.05, 0) is 55.4 Å². The van der Waals surface area contributed by atoms with Crippen molar-refractivity contribution < 1.29 is 0 Å². The smallest absolute Gasteiger partial charge is 0.0309 e. The first kappa shape index (κ1) is 14.2. The Morgan fingerprint density at radius 1 is 1.32 bits per heavy atom. The lowest BCUT2D eigenvalue weighted by molar-refractivity contribution is 0.0426. The fourth-order valence-corrected chi connectivity index (χ4v) is 5.24. The van der Waals surface area contributed by atoms with Crippen LogP contribution in [0.4, 0.5) is 0 Å². The Morgan fingerprint density at radius 3 is 2.68 bits per heavy atom. The molecule has 110 valence electrons. The van der Waals surface area contributed by atoms with Gasteiger partial charge in [-0.15, -0.1) is 0 Å². The Labute approximate surface area is 123 Å². The number of nitrogens with zero attached hydrogens (tertiary/aromatic N) is 1. The maximum atomic E-state index is 3.90. The lowest BCUT2D eigenvalue weighted by Gasteiger charge is -2.49. The molecule has 3 aliphatic rings. The number of thioether (sulfide) groups is 1. The molecule has 2 saturated heterocycles. The van der Waals surface area contributed by atoms with E-state index in [9.17, 15) is 0 Å². The third-order valence-electron chi connectivity index (χ3n) is 5.48. The van der Waals surface area contributed by atoms with E-state index in [4.69, 9.17) is 0 Å². The molecule has 1 aliphatic carbocycles. The zero-order valence-corrected chi connectivity index (χ0v) is 13.6. The van der Waals surface area contributed by atoms with Crippen molar-refractivity contribution in [2.45, 2.75) is 51.6 Å². The van der Waals surface area contributed by atoms with E-state index in [0.29, 0.717) is 5.54 Å². The molecule has 1 saturated carbocycles. The van der Waals surface area contributed by atoms with E-state index in [1.54, 1.807) is 0 Å². The molecule has 0 radical (unpaired) electrons. The number of hydrogen-bond donors (Lipinski definition) is 1. The molecular formula is C16H30N2S. The number of piperazine rings is 1. The van der Waals surface area contributed by atoms with E-state index in [2.05, 4.69) is 42.7 Å². The van der Waals surface area contributed by atoms with Crippen molar-refractivity contribution in [3.05, 3.63) is 0 Å². The van der Waals surface area contributed by atoms with Gasteiger partial charge in [0, 0.05) is 31.2 Å². The molecule has 3 heteroatoms. The predicted octanol–water partition coefficient (Wildman–Crippen LogP) is 2.84. The van der Waals surface area contributed by atoms with E-state index in [-0.39, 0.29) is 0 Å². The predicted molar refractivity (Wildman–Crippen MR) is 84.8 cm³/mol. The van der Waals surface area contributed by atoms with Crippen molar-refractivity contribution in [3.63, 3.8) is 0 Å². The topological polar surface area (TPSA) is 15.3 Å². The minimum absolute atomic E-state index is 0.400. The highest BCUT2D eigenvalue weighted by molar-refractivity contribution is 7.99. The van der Waals surface area contributed by atoms with E-state index in [1.165, 1.54) is 50.4 Å². The van der Waals surface area contributed by atoms with Gasteiger partial charge in [0.2, 0.25) is 0 Å². The number of nitrogens with one attached hydrogen (secondary N) is 1. The van der Waals surface area contributed by atoms with Crippen LogP contribution in [0.5, 0.6) is 0 Å². The second-order valence-electron chi connectivity index (χ2n) is 7.54. The van der Waals surface area contributed by atoms with Gasteiger partial charge in [0.25, 0.3) is 0 Å². The highest BCUT2D eigenvalue weighted by Crippen LogP contribution is 2.42. The minimum Gasteiger partial charge on any atom is -0.308 e. The van der Waals surface area contributed by atoms with Crippen molar-refractivity contribution in [1.82, 2.24) is 10.2 Å². The van der Waals surface area contributed by atoms with Gasteiger partial charge >= 0.3 is 0 Å². The summed E-state index contributed by atoms with van der Waals surface area (Å²) in [6.07, 6.45) is 4.34. The number of hydrogen-bond acceptors (Lipinski definition) is 3. The Morgan fingerprint density at radius 2 is 2.11 bits per heavy atom. The fraction of sp³-hybridized carbons (Fsp3) is 1.00. The second-order valence-corrected chi connectivity index (χ2v) is 8.69. The molecule has 2 heterocycles. The summed E-state index contributed by atoms with van der Waals surface area (Å²) < 4.78 is 0. The first-order valence-corrected chi connectivity index (χ1v) is 9.31.